The highest BCUT2D eigenvalue weighted by molar-refractivity contribution is 6.01. The zero-order valence-corrected chi connectivity index (χ0v) is 12.1. The van der Waals surface area contributed by atoms with Crippen LogP contribution in [0.5, 0.6) is 0 Å². The molecule has 1 heterocycles. The predicted octanol–water partition coefficient (Wildman–Crippen LogP) is 1.46. The molecule has 20 heavy (non-hydrogen) atoms. The van der Waals surface area contributed by atoms with Gasteiger partial charge in [-0.25, -0.2) is 0 Å². The molecular formula is C15H20N2O3. The number of rotatable bonds is 2. The summed E-state index contributed by atoms with van der Waals surface area (Å²) >= 11 is 0. The summed E-state index contributed by atoms with van der Waals surface area (Å²) in [7, 11) is 1.37. The quantitative estimate of drug-likeness (QED) is 0.655. The number of aryl methyl sites for hydroxylation is 1. The summed E-state index contributed by atoms with van der Waals surface area (Å²) in [5, 5.41) is 0. The number of amides is 1. The van der Waals surface area contributed by atoms with E-state index in [1.165, 1.54) is 7.11 Å². The fourth-order valence-corrected chi connectivity index (χ4v) is 2.73. The van der Waals surface area contributed by atoms with Crippen LogP contribution >= 0.6 is 0 Å². The number of nitrogens with two attached hydrogens (primary N) is 1. The molecule has 1 amide bonds. The van der Waals surface area contributed by atoms with Gasteiger partial charge in [0.2, 0.25) is 0 Å². The Morgan fingerprint density at radius 2 is 2.05 bits per heavy atom. The van der Waals surface area contributed by atoms with Crippen molar-refractivity contribution in [3.05, 3.63) is 29.3 Å². The largest absolute Gasteiger partial charge is 0.469 e. The van der Waals surface area contributed by atoms with E-state index in [4.69, 9.17) is 10.5 Å². The first-order chi connectivity index (χ1) is 9.45. The lowest BCUT2D eigenvalue weighted by Gasteiger charge is -2.18. The Kier molecular flexibility index (Phi) is 3.97. The molecule has 0 radical (unpaired) electrons. The minimum atomic E-state index is -0.259. The Morgan fingerprint density at radius 3 is 2.65 bits per heavy atom. The zero-order chi connectivity index (χ0) is 14.9. The van der Waals surface area contributed by atoms with E-state index >= 15 is 0 Å². The molecule has 1 aromatic carbocycles. The van der Waals surface area contributed by atoms with Crippen molar-refractivity contribution >= 4 is 17.6 Å². The summed E-state index contributed by atoms with van der Waals surface area (Å²) in [6, 6.07) is 5.41. The molecule has 0 aliphatic carbocycles. The number of methoxy groups -OCH3 is 1. The van der Waals surface area contributed by atoms with Crippen LogP contribution in [0.2, 0.25) is 0 Å². The molecule has 0 saturated carbocycles. The predicted molar refractivity (Wildman–Crippen MR) is 76.2 cm³/mol. The van der Waals surface area contributed by atoms with Gasteiger partial charge in [0, 0.05) is 18.8 Å². The van der Waals surface area contributed by atoms with Gasteiger partial charge in [-0.1, -0.05) is 19.1 Å². The molecule has 5 heteroatoms. The molecule has 1 fully saturated rings. The molecule has 2 rings (SSSR count). The molecule has 108 valence electrons. The van der Waals surface area contributed by atoms with Crippen molar-refractivity contribution in [2.24, 2.45) is 11.8 Å². The smallest absolute Gasteiger partial charge is 0.310 e. The molecule has 5 nitrogen and oxygen atoms in total. The van der Waals surface area contributed by atoms with Crippen molar-refractivity contribution in [2.75, 3.05) is 25.9 Å². The van der Waals surface area contributed by atoms with E-state index in [9.17, 15) is 9.59 Å². The van der Waals surface area contributed by atoms with Gasteiger partial charge in [0.05, 0.1) is 18.6 Å². The second kappa shape index (κ2) is 5.53. The molecular weight excluding hydrogens is 256 g/mol. The number of benzene rings is 1. The summed E-state index contributed by atoms with van der Waals surface area (Å²) in [6.45, 7) is 4.75. The van der Waals surface area contributed by atoms with Crippen LogP contribution in [0.4, 0.5) is 5.69 Å². The van der Waals surface area contributed by atoms with Gasteiger partial charge >= 0.3 is 5.97 Å². The van der Waals surface area contributed by atoms with E-state index < -0.39 is 0 Å². The molecule has 2 N–H and O–H groups in total. The van der Waals surface area contributed by atoms with Crippen LogP contribution in [0.25, 0.3) is 0 Å². The van der Waals surface area contributed by atoms with Crippen molar-refractivity contribution in [1.82, 2.24) is 4.90 Å². The number of ether oxygens (including phenoxy) is 1. The number of likely N-dealkylation sites (tertiary alicyclic amines) is 1. The van der Waals surface area contributed by atoms with Gasteiger partial charge in [-0.2, -0.15) is 0 Å². The highest BCUT2D eigenvalue weighted by atomic mass is 16.5. The number of carbonyl (C=O) groups excluding carboxylic acids is 2. The minimum Gasteiger partial charge on any atom is -0.469 e. The van der Waals surface area contributed by atoms with Gasteiger partial charge in [0.25, 0.3) is 5.91 Å². The van der Waals surface area contributed by atoms with Gasteiger partial charge in [0.15, 0.2) is 0 Å². The first-order valence-corrected chi connectivity index (χ1v) is 6.68. The average molecular weight is 276 g/mol. The average Bonchev–Trinajstić information content (AvgIpc) is 2.79. The summed E-state index contributed by atoms with van der Waals surface area (Å²) in [5.74, 6) is -0.532. The molecule has 1 aromatic rings. The Bertz CT molecular complexity index is 522. The topological polar surface area (TPSA) is 72.6 Å². The van der Waals surface area contributed by atoms with Crippen LogP contribution < -0.4 is 5.73 Å². The molecule has 0 spiro atoms. The summed E-state index contributed by atoms with van der Waals surface area (Å²) in [5.41, 5.74) is 7.77. The lowest BCUT2D eigenvalue weighted by Crippen LogP contribution is -2.31. The lowest BCUT2D eigenvalue weighted by atomic mass is 9.99. The van der Waals surface area contributed by atoms with Gasteiger partial charge in [-0.3, -0.25) is 9.59 Å². The van der Waals surface area contributed by atoms with Gasteiger partial charge in [0.1, 0.15) is 0 Å². The number of anilines is 1. The Hall–Kier alpha value is -2.04. The van der Waals surface area contributed by atoms with Crippen molar-refractivity contribution in [1.29, 1.82) is 0 Å². The SMILES string of the molecule is COC(=O)C1CN(C(=O)c2c(C)cccc2N)CC1C. The number of nitrogens with zero attached hydrogens (tertiary/aromatic N) is 1. The number of carbonyl (C=O) groups is 2. The van der Waals surface area contributed by atoms with Crippen LogP contribution in [0.1, 0.15) is 22.8 Å². The third-order valence-electron chi connectivity index (χ3n) is 3.92. The second-order valence-electron chi connectivity index (χ2n) is 5.36. The molecule has 1 aliphatic rings. The normalized spacial score (nSPS) is 21.9. The third-order valence-corrected chi connectivity index (χ3v) is 3.92. The van der Waals surface area contributed by atoms with Crippen LogP contribution in [0.15, 0.2) is 18.2 Å². The Balaban J connectivity index is 2.22. The Labute approximate surface area is 118 Å². The molecule has 0 aromatic heterocycles. The maximum atomic E-state index is 12.6. The lowest BCUT2D eigenvalue weighted by molar-refractivity contribution is -0.146. The van der Waals surface area contributed by atoms with E-state index in [0.29, 0.717) is 24.3 Å². The maximum absolute atomic E-state index is 12.6. The van der Waals surface area contributed by atoms with E-state index in [1.54, 1.807) is 11.0 Å². The summed E-state index contributed by atoms with van der Waals surface area (Å²) in [6.07, 6.45) is 0. The standard InChI is InChI=1S/C15H20N2O3/c1-9-5-4-6-12(16)13(9)14(18)17-7-10(2)11(8-17)15(19)20-3/h4-6,10-11H,7-8,16H2,1-3H3. The fraction of sp³-hybridized carbons (Fsp3) is 0.467. The molecule has 1 saturated heterocycles. The molecule has 2 unspecified atom stereocenters. The van der Waals surface area contributed by atoms with Crippen molar-refractivity contribution in [3.63, 3.8) is 0 Å². The van der Waals surface area contributed by atoms with Crippen molar-refractivity contribution in [3.8, 4) is 0 Å². The fourth-order valence-electron chi connectivity index (χ4n) is 2.73. The molecule has 0 bridgehead atoms. The molecule has 1 aliphatic heterocycles. The first-order valence-electron chi connectivity index (χ1n) is 6.68. The van der Waals surface area contributed by atoms with E-state index in [1.807, 2.05) is 26.0 Å². The summed E-state index contributed by atoms with van der Waals surface area (Å²) < 4.78 is 4.78. The van der Waals surface area contributed by atoms with Crippen LogP contribution in [-0.2, 0) is 9.53 Å². The van der Waals surface area contributed by atoms with Crippen LogP contribution in [-0.4, -0.2) is 37.0 Å². The highest BCUT2D eigenvalue weighted by Gasteiger charge is 2.38. The minimum absolute atomic E-state index is 0.0941. The van der Waals surface area contributed by atoms with E-state index in [0.717, 1.165) is 5.56 Å². The van der Waals surface area contributed by atoms with E-state index in [-0.39, 0.29) is 23.7 Å². The monoisotopic (exact) mass is 276 g/mol. The number of esters is 1. The molecule has 2 atom stereocenters. The third kappa shape index (κ3) is 2.48. The van der Waals surface area contributed by atoms with Gasteiger partial charge < -0.3 is 15.4 Å². The second-order valence-corrected chi connectivity index (χ2v) is 5.36. The van der Waals surface area contributed by atoms with Crippen molar-refractivity contribution in [2.45, 2.75) is 13.8 Å². The van der Waals surface area contributed by atoms with Crippen molar-refractivity contribution < 1.29 is 14.3 Å². The maximum Gasteiger partial charge on any atom is 0.310 e. The zero-order valence-electron chi connectivity index (χ0n) is 12.1. The number of nitrogen functional groups attached to an aromatic ring is 1. The summed E-state index contributed by atoms with van der Waals surface area (Å²) in [4.78, 5) is 25.9. The number of hydrogen-bond donors (Lipinski definition) is 1. The first kappa shape index (κ1) is 14.4. The van der Waals surface area contributed by atoms with E-state index in [2.05, 4.69) is 0 Å². The van der Waals surface area contributed by atoms with Gasteiger partial charge in [-0.15, -0.1) is 0 Å². The Morgan fingerprint density at radius 1 is 1.35 bits per heavy atom. The van der Waals surface area contributed by atoms with Gasteiger partial charge in [-0.05, 0) is 24.5 Å². The number of hydrogen-bond acceptors (Lipinski definition) is 4. The van der Waals surface area contributed by atoms with Crippen LogP contribution in [0.3, 0.4) is 0 Å². The highest BCUT2D eigenvalue weighted by Crippen LogP contribution is 2.27. The van der Waals surface area contributed by atoms with Crippen LogP contribution in [0, 0.1) is 18.8 Å².